The molecule has 7 nitrogen and oxygen atoms in total. The predicted molar refractivity (Wildman–Crippen MR) is 127 cm³/mol. The van der Waals surface area contributed by atoms with E-state index in [-0.39, 0.29) is 24.9 Å². The van der Waals surface area contributed by atoms with Crippen molar-refractivity contribution in [3.05, 3.63) is 65.5 Å². The molecule has 1 aliphatic carbocycles. The van der Waals surface area contributed by atoms with Crippen molar-refractivity contribution in [2.45, 2.75) is 49.6 Å². The van der Waals surface area contributed by atoms with Crippen molar-refractivity contribution < 1.29 is 23.1 Å². The van der Waals surface area contributed by atoms with Gasteiger partial charge in [-0.15, -0.1) is 12.4 Å². The number of carbonyl (C=O) groups excluding carboxylic acids is 2. The SMILES string of the molecule is Cl.O=C(N[C@@]1([C@H]2CC[C@@H](c3ccccn3)CC2)CCNC1)N1C(=O)OC[C@@H]1c1ccc(F)c(F)c1. The number of nitrogens with one attached hydrogen (secondary N) is 2. The van der Waals surface area contributed by atoms with Crippen molar-refractivity contribution in [3.8, 4) is 0 Å². The van der Waals surface area contributed by atoms with Crippen LogP contribution in [0.4, 0.5) is 18.4 Å². The summed E-state index contributed by atoms with van der Waals surface area (Å²) in [7, 11) is 0. The number of hydrogen-bond donors (Lipinski definition) is 2. The molecule has 2 saturated heterocycles. The van der Waals surface area contributed by atoms with Crippen molar-refractivity contribution in [2.24, 2.45) is 5.92 Å². The minimum absolute atomic E-state index is 0. The molecule has 2 aromatic rings. The van der Waals surface area contributed by atoms with Gasteiger partial charge in [-0.1, -0.05) is 12.1 Å². The third-order valence-electron chi connectivity index (χ3n) is 7.58. The molecule has 3 amide bonds. The summed E-state index contributed by atoms with van der Waals surface area (Å²) in [6.07, 6.45) is 5.66. The van der Waals surface area contributed by atoms with Crippen molar-refractivity contribution in [1.29, 1.82) is 0 Å². The van der Waals surface area contributed by atoms with Crippen LogP contribution in [0.15, 0.2) is 42.6 Å². The number of aromatic nitrogens is 1. The molecule has 3 aliphatic rings. The van der Waals surface area contributed by atoms with E-state index in [2.05, 4.69) is 21.7 Å². The first-order valence-electron chi connectivity index (χ1n) is 11.8. The van der Waals surface area contributed by atoms with Gasteiger partial charge in [0.2, 0.25) is 0 Å². The lowest BCUT2D eigenvalue weighted by Gasteiger charge is -2.42. The molecule has 2 aliphatic heterocycles. The molecule has 0 spiro atoms. The lowest BCUT2D eigenvalue weighted by molar-refractivity contribution is 0.138. The molecular weight excluding hydrogens is 478 g/mol. The molecule has 1 aromatic carbocycles. The Morgan fingerprint density at radius 3 is 2.60 bits per heavy atom. The van der Waals surface area contributed by atoms with E-state index in [9.17, 15) is 18.4 Å². The predicted octanol–water partition coefficient (Wildman–Crippen LogP) is 4.69. The van der Waals surface area contributed by atoms with Gasteiger partial charge in [-0.25, -0.2) is 23.3 Å². The van der Waals surface area contributed by atoms with Crippen molar-refractivity contribution in [3.63, 3.8) is 0 Å². The fraction of sp³-hybridized carbons (Fsp3) is 0.480. The van der Waals surface area contributed by atoms with E-state index in [1.165, 1.54) is 6.07 Å². The van der Waals surface area contributed by atoms with Gasteiger partial charge in [0.25, 0.3) is 0 Å². The van der Waals surface area contributed by atoms with Crippen LogP contribution in [0.1, 0.15) is 55.3 Å². The highest BCUT2D eigenvalue weighted by atomic mass is 35.5. The number of imide groups is 1. The lowest BCUT2D eigenvalue weighted by atomic mass is 9.70. The number of halogens is 3. The zero-order valence-corrected chi connectivity index (χ0v) is 20.0. The Kier molecular flexibility index (Phi) is 7.56. The molecule has 1 saturated carbocycles. The summed E-state index contributed by atoms with van der Waals surface area (Å²) in [4.78, 5) is 31.3. The summed E-state index contributed by atoms with van der Waals surface area (Å²) in [6.45, 7) is 1.30. The molecule has 2 atom stereocenters. The van der Waals surface area contributed by atoms with Crippen LogP contribution in [0.3, 0.4) is 0 Å². The molecule has 10 heteroatoms. The van der Waals surface area contributed by atoms with Gasteiger partial charge >= 0.3 is 12.1 Å². The second-order valence-electron chi connectivity index (χ2n) is 9.45. The minimum atomic E-state index is -1.03. The van der Waals surface area contributed by atoms with Gasteiger partial charge in [0.15, 0.2) is 11.6 Å². The van der Waals surface area contributed by atoms with Crippen LogP contribution in [-0.2, 0) is 4.74 Å². The Hall–Kier alpha value is -2.78. The fourth-order valence-corrected chi connectivity index (χ4v) is 5.71. The molecule has 5 rings (SSSR count). The van der Waals surface area contributed by atoms with Gasteiger partial charge in [0.05, 0.1) is 5.54 Å². The van der Waals surface area contributed by atoms with Crippen LogP contribution in [0.2, 0.25) is 0 Å². The van der Waals surface area contributed by atoms with Gasteiger partial charge in [-0.05, 0) is 74.4 Å². The van der Waals surface area contributed by atoms with E-state index in [1.807, 2.05) is 18.3 Å². The Labute approximate surface area is 209 Å². The first kappa shape index (κ1) is 25.3. The maximum absolute atomic E-state index is 13.8. The molecule has 0 unspecified atom stereocenters. The number of urea groups is 1. The average molecular weight is 507 g/mol. The number of nitrogens with zero attached hydrogens (tertiary/aromatic N) is 2. The number of amides is 3. The summed E-state index contributed by atoms with van der Waals surface area (Å²) < 4.78 is 32.3. The summed E-state index contributed by atoms with van der Waals surface area (Å²) in [5, 5.41) is 6.52. The molecule has 35 heavy (non-hydrogen) atoms. The molecule has 2 N–H and O–H groups in total. The van der Waals surface area contributed by atoms with E-state index in [0.29, 0.717) is 18.0 Å². The normalized spacial score (nSPS) is 28.3. The van der Waals surface area contributed by atoms with Gasteiger partial charge in [0.1, 0.15) is 12.6 Å². The Morgan fingerprint density at radius 1 is 1.14 bits per heavy atom. The van der Waals surface area contributed by atoms with Crippen LogP contribution in [0.25, 0.3) is 0 Å². The van der Waals surface area contributed by atoms with Crippen LogP contribution < -0.4 is 10.6 Å². The second-order valence-corrected chi connectivity index (χ2v) is 9.45. The van der Waals surface area contributed by atoms with Gasteiger partial charge in [-0.2, -0.15) is 0 Å². The number of carbonyl (C=O) groups is 2. The third kappa shape index (κ3) is 4.97. The number of hydrogen-bond acceptors (Lipinski definition) is 5. The zero-order chi connectivity index (χ0) is 23.7. The molecule has 1 aromatic heterocycles. The van der Waals surface area contributed by atoms with E-state index in [0.717, 1.165) is 61.4 Å². The van der Waals surface area contributed by atoms with Gasteiger partial charge in [0, 0.05) is 24.4 Å². The topological polar surface area (TPSA) is 83.6 Å². The molecule has 3 heterocycles. The largest absolute Gasteiger partial charge is 0.446 e. The fourth-order valence-electron chi connectivity index (χ4n) is 5.71. The van der Waals surface area contributed by atoms with E-state index in [4.69, 9.17) is 4.74 Å². The van der Waals surface area contributed by atoms with Crippen LogP contribution >= 0.6 is 12.4 Å². The van der Waals surface area contributed by atoms with Crippen LogP contribution in [-0.4, -0.2) is 47.2 Å². The molecule has 0 radical (unpaired) electrons. The van der Waals surface area contributed by atoms with Gasteiger partial charge in [-0.3, -0.25) is 4.98 Å². The van der Waals surface area contributed by atoms with Crippen molar-refractivity contribution >= 4 is 24.5 Å². The summed E-state index contributed by atoms with van der Waals surface area (Å²) >= 11 is 0. The number of benzene rings is 1. The third-order valence-corrected chi connectivity index (χ3v) is 7.58. The van der Waals surface area contributed by atoms with Crippen molar-refractivity contribution in [1.82, 2.24) is 20.5 Å². The quantitative estimate of drug-likeness (QED) is 0.628. The first-order chi connectivity index (χ1) is 16.5. The number of pyridine rings is 1. The number of rotatable bonds is 4. The van der Waals surface area contributed by atoms with Gasteiger partial charge < -0.3 is 15.4 Å². The maximum Gasteiger partial charge on any atom is 0.418 e. The average Bonchev–Trinajstić information content (AvgIpc) is 3.49. The standard InChI is InChI=1S/C25H28F2N4O3.ClH/c26-19-9-6-17(13-20(19)27)22-14-34-24(33)31(22)23(32)30-25(10-12-28-15-25)18-7-4-16(5-8-18)21-3-1-2-11-29-21;/h1-3,6,9,11,13,16,18,22,28H,4-5,7-8,10,12,14-15H2,(H,30,32);1H/t16-,18+,22-,25+;/m1./s1. The Balaban J connectivity index is 0.00000289. The van der Waals surface area contributed by atoms with E-state index in [1.54, 1.807) is 0 Å². The highest BCUT2D eigenvalue weighted by Gasteiger charge is 2.47. The lowest BCUT2D eigenvalue weighted by Crippen LogP contribution is -2.59. The molecule has 188 valence electrons. The van der Waals surface area contributed by atoms with Crippen LogP contribution in [0.5, 0.6) is 0 Å². The van der Waals surface area contributed by atoms with E-state index >= 15 is 0 Å². The summed E-state index contributed by atoms with van der Waals surface area (Å²) in [5.41, 5.74) is 0.945. The highest BCUT2D eigenvalue weighted by molar-refractivity contribution is 5.93. The number of cyclic esters (lactones) is 1. The zero-order valence-electron chi connectivity index (χ0n) is 19.2. The Bertz CT molecular complexity index is 1060. The highest BCUT2D eigenvalue weighted by Crippen LogP contribution is 2.42. The first-order valence-corrected chi connectivity index (χ1v) is 11.8. The Morgan fingerprint density at radius 2 is 1.94 bits per heavy atom. The second kappa shape index (κ2) is 10.5. The van der Waals surface area contributed by atoms with Crippen LogP contribution in [0, 0.1) is 17.6 Å². The van der Waals surface area contributed by atoms with E-state index < -0.39 is 35.3 Å². The summed E-state index contributed by atoms with van der Waals surface area (Å²) in [6, 6.07) is 7.99. The van der Waals surface area contributed by atoms with Crippen molar-refractivity contribution in [2.75, 3.05) is 19.7 Å². The monoisotopic (exact) mass is 506 g/mol. The molecular formula is C25H29ClF2N4O3. The maximum atomic E-state index is 13.8. The summed E-state index contributed by atoms with van der Waals surface area (Å²) in [5.74, 6) is -1.35. The smallest absolute Gasteiger partial charge is 0.418 e. The molecule has 3 fully saturated rings. The molecule has 0 bridgehead atoms. The number of ether oxygens (including phenoxy) is 1. The minimum Gasteiger partial charge on any atom is -0.446 e.